The lowest BCUT2D eigenvalue weighted by atomic mass is 10.1. The van der Waals surface area contributed by atoms with Gasteiger partial charge in [-0.1, -0.05) is 11.3 Å². The number of nitrogens with zero attached hydrogens (tertiary/aromatic N) is 1. The molecule has 1 saturated carbocycles. The Hall–Kier alpha value is -0.980. The number of halogens is 1. The van der Waals surface area contributed by atoms with Crippen LogP contribution < -0.4 is 11.1 Å². The molecule has 1 aliphatic carbocycles. The van der Waals surface area contributed by atoms with Gasteiger partial charge in [0, 0.05) is 18.9 Å². The number of hydrogen-bond donors (Lipinski definition) is 2. The van der Waals surface area contributed by atoms with Crippen LogP contribution in [0, 0.1) is 5.92 Å². The summed E-state index contributed by atoms with van der Waals surface area (Å²) in [5, 5.41) is 3.23. The summed E-state index contributed by atoms with van der Waals surface area (Å²) in [5.41, 5.74) is 5.76. The third-order valence-corrected chi connectivity index (χ3v) is 3.94. The van der Waals surface area contributed by atoms with E-state index in [2.05, 4.69) is 10.3 Å². The van der Waals surface area contributed by atoms with E-state index in [-0.39, 0.29) is 36.1 Å². The highest BCUT2D eigenvalue weighted by Gasteiger charge is 2.28. The molecule has 2 atom stereocenters. The molecule has 7 heteroatoms. The molecule has 2 rings (SSSR count). The molecule has 100 valence electrons. The van der Waals surface area contributed by atoms with E-state index >= 15 is 0 Å². The van der Waals surface area contributed by atoms with E-state index < -0.39 is 0 Å². The van der Waals surface area contributed by atoms with Crippen LogP contribution in [0.25, 0.3) is 0 Å². The minimum absolute atomic E-state index is 0. The van der Waals surface area contributed by atoms with Crippen LogP contribution >= 0.6 is 23.7 Å². The van der Waals surface area contributed by atoms with Gasteiger partial charge in [0.1, 0.15) is 0 Å². The molecule has 1 aromatic heterocycles. The summed E-state index contributed by atoms with van der Waals surface area (Å²) in [6, 6.07) is 0.134. The van der Waals surface area contributed by atoms with Crippen LogP contribution in [0.4, 0.5) is 5.13 Å². The Bertz CT molecular complexity index is 449. The number of thiazole rings is 1. The second-order valence-corrected chi connectivity index (χ2v) is 5.38. The predicted octanol–water partition coefficient (Wildman–Crippen LogP) is 1.83. The molecule has 0 bridgehead atoms. The van der Waals surface area contributed by atoms with Crippen LogP contribution in [-0.4, -0.2) is 22.7 Å². The molecule has 3 N–H and O–H groups in total. The van der Waals surface area contributed by atoms with Gasteiger partial charge in [-0.3, -0.25) is 9.59 Å². The molecule has 0 aliphatic heterocycles. The van der Waals surface area contributed by atoms with Crippen LogP contribution in [0.15, 0.2) is 6.20 Å². The molecular formula is C11H16ClN3O2S. The quantitative estimate of drug-likeness (QED) is 0.832. The van der Waals surface area contributed by atoms with Crippen molar-refractivity contribution in [1.29, 1.82) is 0 Å². The van der Waals surface area contributed by atoms with Gasteiger partial charge in [-0.15, -0.1) is 12.4 Å². The van der Waals surface area contributed by atoms with Gasteiger partial charge in [-0.25, -0.2) is 4.98 Å². The number of carbonyl (C=O) groups excluding carboxylic acids is 2. The monoisotopic (exact) mass is 289 g/mol. The molecule has 1 heterocycles. The number of ketones is 1. The van der Waals surface area contributed by atoms with Crippen LogP contribution in [0.3, 0.4) is 0 Å². The predicted molar refractivity (Wildman–Crippen MR) is 73.3 cm³/mol. The second kappa shape index (κ2) is 6.26. The molecule has 1 aromatic rings. The Morgan fingerprint density at radius 3 is 2.72 bits per heavy atom. The zero-order valence-electron chi connectivity index (χ0n) is 10.0. The Morgan fingerprint density at radius 1 is 1.50 bits per heavy atom. The molecular weight excluding hydrogens is 274 g/mol. The van der Waals surface area contributed by atoms with Crippen LogP contribution in [-0.2, 0) is 4.79 Å². The first-order valence-electron chi connectivity index (χ1n) is 5.59. The highest BCUT2D eigenvalue weighted by atomic mass is 35.5. The van der Waals surface area contributed by atoms with Crippen molar-refractivity contribution < 1.29 is 9.59 Å². The van der Waals surface area contributed by atoms with Crippen molar-refractivity contribution in [2.24, 2.45) is 11.7 Å². The van der Waals surface area contributed by atoms with Gasteiger partial charge in [-0.05, 0) is 19.3 Å². The maximum Gasteiger partial charge on any atom is 0.229 e. The average molecular weight is 290 g/mol. The zero-order valence-corrected chi connectivity index (χ0v) is 11.6. The highest BCUT2D eigenvalue weighted by Crippen LogP contribution is 2.26. The Balaban J connectivity index is 0.00000162. The van der Waals surface area contributed by atoms with Crippen molar-refractivity contribution in [2.45, 2.75) is 32.2 Å². The van der Waals surface area contributed by atoms with Gasteiger partial charge in [0.25, 0.3) is 0 Å². The first-order valence-corrected chi connectivity index (χ1v) is 6.41. The summed E-state index contributed by atoms with van der Waals surface area (Å²) in [7, 11) is 0. The summed E-state index contributed by atoms with van der Waals surface area (Å²) >= 11 is 1.21. The molecule has 1 amide bonds. The van der Waals surface area contributed by atoms with Crippen LogP contribution in [0.2, 0.25) is 0 Å². The Morgan fingerprint density at radius 2 is 2.22 bits per heavy atom. The van der Waals surface area contributed by atoms with E-state index in [1.54, 1.807) is 0 Å². The second-order valence-electron chi connectivity index (χ2n) is 4.35. The summed E-state index contributed by atoms with van der Waals surface area (Å²) in [4.78, 5) is 27.5. The number of Topliss-reactive ketones (excluding diaryl/α,β-unsaturated/α-hetero) is 1. The van der Waals surface area contributed by atoms with E-state index in [4.69, 9.17) is 5.73 Å². The molecule has 1 aliphatic rings. The summed E-state index contributed by atoms with van der Waals surface area (Å²) in [6.07, 6.45) is 3.95. The van der Waals surface area contributed by atoms with Crippen molar-refractivity contribution in [3.05, 3.63) is 11.1 Å². The zero-order chi connectivity index (χ0) is 12.4. The standard InChI is InChI=1S/C11H15N3O2S.ClH/c1-6(15)9-5-13-11(17-9)14-10(16)7-2-3-8(12)4-7;/h5,7-8H,2-4,12H2,1H3,(H,13,14,16);1H. The Kier molecular flexibility index (Phi) is 5.25. The fraction of sp³-hybridized carbons (Fsp3) is 0.545. The lowest BCUT2D eigenvalue weighted by Crippen LogP contribution is -2.23. The number of aromatic nitrogens is 1. The molecule has 0 radical (unpaired) electrons. The van der Waals surface area contributed by atoms with Crippen LogP contribution in [0.1, 0.15) is 35.9 Å². The first kappa shape index (κ1) is 15.1. The number of rotatable bonds is 3. The summed E-state index contributed by atoms with van der Waals surface area (Å²) in [6.45, 7) is 1.48. The number of hydrogen-bond acceptors (Lipinski definition) is 5. The molecule has 5 nitrogen and oxygen atoms in total. The third-order valence-electron chi connectivity index (χ3n) is 2.93. The van der Waals surface area contributed by atoms with E-state index in [1.807, 2.05) is 0 Å². The molecule has 0 aromatic carbocycles. The normalized spacial score (nSPS) is 22.3. The minimum Gasteiger partial charge on any atom is -0.328 e. The highest BCUT2D eigenvalue weighted by molar-refractivity contribution is 7.17. The maximum absolute atomic E-state index is 11.9. The summed E-state index contributed by atoms with van der Waals surface area (Å²) < 4.78 is 0. The number of amides is 1. The van der Waals surface area contributed by atoms with Gasteiger partial charge in [0.05, 0.1) is 11.1 Å². The smallest absolute Gasteiger partial charge is 0.229 e. The molecule has 2 unspecified atom stereocenters. The fourth-order valence-corrected chi connectivity index (χ4v) is 2.67. The van der Waals surface area contributed by atoms with Crippen molar-refractivity contribution >= 4 is 40.6 Å². The van der Waals surface area contributed by atoms with Crippen molar-refractivity contribution in [3.8, 4) is 0 Å². The van der Waals surface area contributed by atoms with Crippen LogP contribution in [0.5, 0.6) is 0 Å². The van der Waals surface area contributed by atoms with Crippen molar-refractivity contribution in [3.63, 3.8) is 0 Å². The SMILES string of the molecule is CC(=O)c1cnc(NC(=O)C2CCC(N)C2)s1.Cl. The van der Waals surface area contributed by atoms with Gasteiger partial charge < -0.3 is 11.1 Å². The van der Waals surface area contributed by atoms with Crippen molar-refractivity contribution in [1.82, 2.24) is 4.98 Å². The number of anilines is 1. The van der Waals surface area contributed by atoms with E-state index in [0.717, 1.165) is 19.3 Å². The lowest BCUT2D eigenvalue weighted by Gasteiger charge is -2.07. The van der Waals surface area contributed by atoms with E-state index in [0.29, 0.717) is 10.0 Å². The minimum atomic E-state index is -0.0394. The molecule has 1 fully saturated rings. The first-order chi connectivity index (χ1) is 8.06. The topological polar surface area (TPSA) is 85.1 Å². The molecule has 0 saturated heterocycles. The summed E-state index contributed by atoms with van der Waals surface area (Å²) in [5.74, 6) is -0.0945. The van der Waals surface area contributed by atoms with Gasteiger partial charge in [0.15, 0.2) is 10.9 Å². The number of nitrogens with one attached hydrogen (secondary N) is 1. The fourth-order valence-electron chi connectivity index (χ4n) is 1.96. The molecule has 18 heavy (non-hydrogen) atoms. The number of carbonyl (C=O) groups is 2. The van der Waals surface area contributed by atoms with Gasteiger partial charge in [0.2, 0.25) is 5.91 Å². The molecule has 0 spiro atoms. The third kappa shape index (κ3) is 3.51. The average Bonchev–Trinajstić information content (AvgIpc) is 2.86. The lowest BCUT2D eigenvalue weighted by molar-refractivity contribution is -0.119. The largest absolute Gasteiger partial charge is 0.328 e. The van der Waals surface area contributed by atoms with E-state index in [9.17, 15) is 9.59 Å². The maximum atomic E-state index is 11.9. The van der Waals surface area contributed by atoms with Crippen molar-refractivity contribution in [2.75, 3.05) is 5.32 Å². The van der Waals surface area contributed by atoms with E-state index in [1.165, 1.54) is 24.5 Å². The van der Waals surface area contributed by atoms with Gasteiger partial charge >= 0.3 is 0 Å². The Labute approximate surface area is 116 Å². The number of nitrogens with two attached hydrogens (primary N) is 1. The van der Waals surface area contributed by atoms with Gasteiger partial charge in [-0.2, -0.15) is 0 Å².